The molecule has 1 unspecified atom stereocenters. The van der Waals surface area contributed by atoms with Gasteiger partial charge in [0, 0.05) is 25.3 Å². The van der Waals surface area contributed by atoms with Gasteiger partial charge in [0.05, 0.1) is 0 Å². The van der Waals surface area contributed by atoms with E-state index in [4.69, 9.17) is 5.73 Å². The zero-order valence-electron chi connectivity index (χ0n) is 9.90. The van der Waals surface area contributed by atoms with Crippen LogP contribution < -0.4 is 10.6 Å². The fourth-order valence-electron chi connectivity index (χ4n) is 1.56. The van der Waals surface area contributed by atoms with Gasteiger partial charge in [-0.2, -0.15) is 0 Å². The van der Waals surface area contributed by atoms with Crippen molar-refractivity contribution in [1.82, 2.24) is 4.98 Å². The maximum absolute atomic E-state index is 5.78. The average molecular weight is 207 g/mol. The number of hydrogen-bond acceptors (Lipinski definition) is 3. The molecule has 1 rings (SSSR count). The van der Waals surface area contributed by atoms with Gasteiger partial charge in [0.2, 0.25) is 0 Å². The number of rotatable bonds is 5. The van der Waals surface area contributed by atoms with Crippen LogP contribution in [0.1, 0.15) is 38.8 Å². The molecule has 0 aromatic carbocycles. The van der Waals surface area contributed by atoms with Crippen molar-refractivity contribution in [2.24, 2.45) is 5.73 Å². The Morgan fingerprint density at radius 1 is 1.40 bits per heavy atom. The summed E-state index contributed by atoms with van der Waals surface area (Å²) < 4.78 is 0. The predicted octanol–water partition coefficient (Wildman–Crippen LogP) is 2.34. The van der Waals surface area contributed by atoms with E-state index in [2.05, 4.69) is 35.9 Å². The fraction of sp³-hybridized carbons (Fsp3) is 0.583. The van der Waals surface area contributed by atoms with Crippen LogP contribution in [0.5, 0.6) is 0 Å². The van der Waals surface area contributed by atoms with E-state index in [9.17, 15) is 0 Å². The van der Waals surface area contributed by atoms with Gasteiger partial charge < -0.3 is 10.6 Å². The molecule has 0 fully saturated rings. The number of hydrogen-bond donors (Lipinski definition) is 1. The molecule has 0 saturated heterocycles. The SMILES string of the molecule is CCCN(CC)c1ccc(C(C)N)cn1. The van der Waals surface area contributed by atoms with E-state index in [1.807, 2.05) is 13.1 Å². The molecule has 1 atom stereocenters. The van der Waals surface area contributed by atoms with Crippen molar-refractivity contribution in [2.75, 3.05) is 18.0 Å². The van der Waals surface area contributed by atoms with Gasteiger partial charge in [-0.3, -0.25) is 0 Å². The molecule has 0 saturated carbocycles. The van der Waals surface area contributed by atoms with Crippen LogP contribution in [0.2, 0.25) is 0 Å². The third kappa shape index (κ3) is 3.20. The van der Waals surface area contributed by atoms with Crippen LogP contribution in [-0.4, -0.2) is 18.1 Å². The van der Waals surface area contributed by atoms with Crippen LogP contribution in [0.3, 0.4) is 0 Å². The quantitative estimate of drug-likeness (QED) is 0.805. The van der Waals surface area contributed by atoms with E-state index >= 15 is 0 Å². The lowest BCUT2D eigenvalue weighted by Crippen LogP contribution is -2.24. The maximum Gasteiger partial charge on any atom is 0.128 e. The summed E-state index contributed by atoms with van der Waals surface area (Å²) in [5, 5.41) is 0. The highest BCUT2D eigenvalue weighted by Crippen LogP contribution is 2.14. The summed E-state index contributed by atoms with van der Waals surface area (Å²) in [4.78, 5) is 6.70. The molecule has 0 aliphatic rings. The normalized spacial score (nSPS) is 12.5. The largest absolute Gasteiger partial charge is 0.357 e. The summed E-state index contributed by atoms with van der Waals surface area (Å²) in [6, 6.07) is 4.18. The van der Waals surface area contributed by atoms with E-state index in [0.717, 1.165) is 30.9 Å². The minimum atomic E-state index is 0.0628. The molecule has 15 heavy (non-hydrogen) atoms. The summed E-state index contributed by atoms with van der Waals surface area (Å²) in [5.74, 6) is 1.05. The third-order valence-corrected chi connectivity index (χ3v) is 2.50. The van der Waals surface area contributed by atoms with Crippen molar-refractivity contribution >= 4 is 5.82 Å². The van der Waals surface area contributed by atoms with Gasteiger partial charge >= 0.3 is 0 Å². The highest BCUT2D eigenvalue weighted by Gasteiger charge is 2.05. The monoisotopic (exact) mass is 207 g/mol. The van der Waals surface area contributed by atoms with Crippen molar-refractivity contribution in [3.63, 3.8) is 0 Å². The van der Waals surface area contributed by atoms with E-state index in [1.54, 1.807) is 0 Å². The molecule has 1 aromatic heterocycles. The molecule has 1 heterocycles. The Morgan fingerprint density at radius 3 is 2.53 bits per heavy atom. The first kappa shape index (κ1) is 12.0. The van der Waals surface area contributed by atoms with Crippen molar-refractivity contribution in [3.8, 4) is 0 Å². The van der Waals surface area contributed by atoms with Crippen molar-refractivity contribution in [1.29, 1.82) is 0 Å². The molecule has 2 N–H and O–H groups in total. The molecular formula is C12H21N3. The van der Waals surface area contributed by atoms with E-state index in [1.165, 1.54) is 0 Å². The van der Waals surface area contributed by atoms with Gasteiger partial charge in [-0.15, -0.1) is 0 Å². The van der Waals surface area contributed by atoms with Gasteiger partial charge in [0.1, 0.15) is 5.82 Å². The van der Waals surface area contributed by atoms with Gasteiger partial charge in [0.15, 0.2) is 0 Å². The van der Waals surface area contributed by atoms with E-state index < -0.39 is 0 Å². The minimum absolute atomic E-state index is 0.0628. The van der Waals surface area contributed by atoms with Gasteiger partial charge in [0.25, 0.3) is 0 Å². The first-order chi connectivity index (χ1) is 7.19. The molecule has 0 aliphatic carbocycles. The highest BCUT2D eigenvalue weighted by molar-refractivity contribution is 5.39. The van der Waals surface area contributed by atoms with Crippen LogP contribution >= 0.6 is 0 Å². The highest BCUT2D eigenvalue weighted by atomic mass is 15.2. The predicted molar refractivity (Wildman–Crippen MR) is 65.0 cm³/mol. The average Bonchev–Trinajstić information content (AvgIpc) is 2.26. The van der Waals surface area contributed by atoms with Crippen LogP contribution in [0.25, 0.3) is 0 Å². The summed E-state index contributed by atoms with van der Waals surface area (Å²) in [6.07, 6.45) is 3.02. The molecule has 3 heteroatoms. The zero-order chi connectivity index (χ0) is 11.3. The molecule has 1 aromatic rings. The number of nitrogens with zero attached hydrogens (tertiary/aromatic N) is 2. The fourth-order valence-corrected chi connectivity index (χ4v) is 1.56. The Hall–Kier alpha value is -1.09. The molecule has 3 nitrogen and oxygen atoms in total. The number of pyridine rings is 1. The molecule has 0 amide bonds. The molecule has 84 valence electrons. The Bertz CT molecular complexity index is 279. The summed E-state index contributed by atoms with van der Waals surface area (Å²) in [6.45, 7) is 8.36. The van der Waals surface area contributed by atoms with Gasteiger partial charge in [-0.25, -0.2) is 4.98 Å². The topological polar surface area (TPSA) is 42.1 Å². The third-order valence-electron chi connectivity index (χ3n) is 2.50. The molecule has 0 bridgehead atoms. The van der Waals surface area contributed by atoms with E-state index in [0.29, 0.717) is 0 Å². The Balaban J connectivity index is 2.77. The van der Waals surface area contributed by atoms with Crippen LogP contribution in [0.15, 0.2) is 18.3 Å². The van der Waals surface area contributed by atoms with Crippen molar-refractivity contribution in [3.05, 3.63) is 23.9 Å². The zero-order valence-corrected chi connectivity index (χ0v) is 9.90. The Morgan fingerprint density at radius 2 is 2.13 bits per heavy atom. The second-order valence-corrected chi connectivity index (χ2v) is 3.82. The minimum Gasteiger partial charge on any atom is -0.357 e. The van der Waals surface area contributed by atoms with E-state index in [-0.39, 0.29) is 6.04 Å². The summed E-state index contributed by atoms with van der Waals surface area (Å²) in [7, 11) is 0. The maximum atomic E-state index is 5.78. The lowest BCUT2D eigenvalue weighted by atomic mass is 10.1. The standard InChI is InChI=1S/C12H21N3/c1-4-8-15(5-2)12-7-6-11(9-14-12)10(3)13/h6-7,9-10H,4-5,8,13H2,1-3H3. The number of nitrogens with two attached hydrogens (primary N) is 1. The first-order valence-electron chi connectivity index (χ1n) is 5.65. The van der Waals surface area contributed by atoms with Crippen molar-refractivity contribution in [2.45, 2.75) is 33.2 Å². The van der Waals surface area contributed by atoms with Crippen LogP contribution in [0.4, 0.5) is 5.82 Å². The lowest BCUT2D eigenvalue weighted by molar-refractivity contribution is 0.770. The number of anilines is 1. The van der Waals surface area contributed by atoms with Gasteiger partial charge in [-0.05, 0) is 31.9 Å². The second-order valence-electron chi connectivity index (χ2n) is 3.82. The molecular weight excluding hydrogens is 186 g/mol. The lowest BCUT2D eigenvalue weighted by Gasteiger charge is -2.21. The number of aromatic nitrogens is 1. The molecule has 0 radical (unpaired) electrons. The Kier molecular flexibility index (Phi) is 4.56. The summed E-state index contributed by atoms with van der Waals surface area (Å²) in [5.41, 5.74) is 6.87. The molecule has 0 spiro atoms. The Labute approximate surface area is 92.3 Å². The van der Waals surface area contributed by atoms with Crippen LogP contribution in [-0.2, 0) is 0 Å². The van der Waals surface area contributed by atoms with Crippen molar-refractivity contribution < 1.29 is 0 Å². The molecule has 0 aliphatic heterocycles. The van der Waals surface area contributed by atoms with Gasteiger partial charge in [-0.1, -0.05) is 13.0 Å². The smallest absolute Gasteiger partial charge is 0.128 e. The second kappa shape index (κ2) is 5.71. The van der Waals surface area contributed by atoms with Crippen LogP contribution in [0, 0.1) is 0 Å². The summed E-state index contributed by atoms with van der Waals surface area (Å²) >= 11 is 0. The first-order valence-corrected chi connectivity index (χ1v) is 5.65.